The minimum Gasteiger partial charge on any atom is -0.280 e. The molecule has 0 atom stereocenters. The van der Waals surface area contributed by atoms with Gasteiger partial charge < -0.3 is 0 Å². The van der Waals surface area contributed by atoms with Gasteiger partial charge in [-0.15, -0.1) is 0 Å². The van der Waals surface area contributed by atoms with E-state index in [0.29, 0.717) is 16.4 Å². The van der Waals surface area contributed by atoms with Crippen LogP contribution in [0.25, 0.3) is 10.4 Å². The largest absolute Gasteiger partial charge is 0.280 e. The molecule has 0 aliphatic carbocycles. The van der Waals surface area contributed by atoms with E-state index < -0.39 is 10.0 Å². The van der Waals surface area contributed by atoms with Crippen molar-refractivity contribution in [2.24, 2.45) is 5.11 Å². The van der Waals surface area contributed by atoms with Gasteiger partial charge in [0.2, 0.25) is 0 Å². The van der Waals surface area contributed by atoms with E-state index in [1.807, 2.05) is 0 Å². The van der Waals surface area contributed by atoms with Gasteiger partial charge in [0, 0.05) is 15.6 Å². The summed E-state index contributed by atoms with van der Waals surface area (Å²) in [5.41, 5.74) is 9.00. The lowest BCUT2D eigenvalue weighted by Gasteiger charge is -2.08. The topological polar surface area (TPSA) is 94.9 Å². The summed E-state index contributed by atoms with van der Waals surface area (Å²) in [5, 5.41) is 3.81. The molecule has 6 nitrogen and oxygen atoms in total. The minimum absolute atomic E-state index is 0.0642. The van der Waals surface area contributed by atoms with E-state index >= 15 is 0 Å². The summed E-state index contributed by atoms with van der Waals surface area (Å²) >= 11 is 5.79. The number of azide groups is 1. The molecule has 2 aromatic carbocycles. The number of hydrogen-bond acceptors (Lipinski definition) is 3. The highest BCUT2D eigenvalue weighted by atomic mass is 35.5. The Balaban J connectivity index is 2.28. The van der Waals surface area contributed by atoms with E-state index in [1.165, 1.54) is 30.3 Å². The molecule has 0 saturated heterocycles. The molecule has 0 aromatic heterocycles. The second-order valence-electron chi connectivity index (χ2n) is 3.80. The summed E-state index contributed by atoms with van der Waals surface area (Å²) in [6.45, 7) is 0. The first-order valence-corrected chi connectivity index (χ1v) is 7.31. The number of hydrogen-bond donors (Lipinski definition) is 1. The van der Waals surface area contributed by atoms with E-state index in [9.17, 15) is 8.42 Å². The Labute approximate surface area is 120 Å². The second-order valence-corrected chi connectivity index (χ2v) is 5.92. The van der Waals surface area contributed by atoms with E-state index in [-0.39, 0.29) is 4.90 Å². The Morgan fingerprint density at radius 1 is 1.15 bits per heavy atom. The quantitative estimate of drug-likeness (QED) is 0.523. The van der Waals surface area contributed by atoms with Crippen LogP contribution in [0.5, 0.6) is 0 Å². The molecular formula is C12H9ClN4O2S. The first-order valence-electron chi connectivity index (χ1n) is 5.45. The molecule has 0 spiro atoms. The fraction of sp³-hybridized carbons (Fsp3) is 0. The van der Waals surface area contributed by atoms with E-state index in [4.69, 9.17) is 17.1 Å². The molecule has 0 heterocycles. The molecule has 20 heavy (non-hydrogen) atoms. The molecule has 2 aromatic rings. The second kappa shape index (κ2) is 5.83. The Hall–Kier alpha value is -2.21. The van der Waals surface area contributed by atoms with Gasteiger partial charge in [-0.25, -0.2) is 8.42 Å². The number of nitrogens with zero attached hydrogens (tertiary/aromatic N) is 3. The fourth-order valence-corrected chi connectivity index (χ4v) is 2.75. The predicted octanol–water partition coefficient (Wildman–Crippen LogP) is 4.08. The zero-order valence-corrected chi connectivity index (χ0v) is 11.6. The van der Waals surface area contributed by atoms with Crippen LogP contribution in [0.15, 0.2) is 58.5 Å². The predicted molar refractivity (Wildman–Crippen MR) is 77.5 cm³/mol. The maximum atomic E-state index is 12.1. The lowest BCUT2D eigenvalue weighted by atomic mass is 10.3. The lowest BCUT2D eigenvalue weighted by Crippen LogP contribution is -2.12. The average molecular weight is 309 g/mol. The number of benzene rings is 2. The third-order valence-corrected chi connectivity index (χ3v) is 4.02. The molecule has 0 aliphatic rings. The van der Waals surface area contributed by atoms with Gasteiger partial charge in [-0.2, -0.15) is 0 Å². The zero-order valence-electron chi connectivity index (χ0n) is 10.1. The minimum atomic E-state index is -3.71. The van der Waals surface area contributed by atoms with Crippen LogP contribution in [0.2, 0.25) is 5.02 Å². The molecule has 0 fully saturated rings. The number of nitrogens with one attached hydrogen (secondary N) is 1. The van der Waals surface area contributed by atoms with E-state index in [1.54, 1.807) is 18.2 Å². The zero-order chi connectivity index (χ0) is 14.6. The number of halogens is 1. The van der Waals surface area contributed by atoms with Gasteiger partial charge in [-0.1, -0.05) is 34.9 Å². The first kappa shape index (κ1) is 14.2. The molecule has 0 amide bonds. The molecule has 102 valence electrons. The number of rotatable bonds is 4. The van der Waals surface area contributed by atoms with E-state index in [0.717, 1.165) is 0 Å². The van der Waals surface area contributed by atoms with Crippen LogP contribution < -0.4 is 4.72 Å². The summed E-state index contributed by atoms with van der Waals surface area (Å²) in [7, 11) is -3.71. The van der Waals surface area contributed by atoms with Crippen LogP contribution in [-0.4, -0.2) is 8.42 Å². The molecule has 0 saturated carbocycles. The lowest BCUT2D eigenvalue weighted by molar-refractivity contribution is 0.601. The van der Waals surface area contributed by atoms with Crippen molar-refractivity contribution in [3.63, 3.8) is 0 Å². The molecule has 0 bridgehead atoms. The van der Waals surface area contributed by atoms with Gasteiger partial charge in [0.15, 0.2) is 0 Å². The normalized spacial score (nSPS) is 10.7. The maximum Gasteiger partial charge on any atom is 0.261 e. The Morgan fingerprint density at radius 2 is 1.85 bits per heavy atom. The SMILES string of the molecule is [N-]=[N+]=Nc1ccc(S(=O)(=O)Nc2cccc(Cl)c2)cc1. The third kappa shape index (κ3) is 3.42. The Kier molecular flexibility index (Phi) is 4.14. The highest BCUT2D eigenvalue weighted by Gasteiger charge is 2.13. The van der Waals surface area contributed by atoms with Gasteiger partial charge in [0.1, 0.15) is 0 Å². The van der Waals surface area contributed by atoms with Crippen molar-refractivity contribution in [1.82, 2.24) is 0 Å². The van der Waals surface area contributed by atoms with Gasteiger partial charge >= 0.3 is 0 Å². The van der Waals surface area contributed by atoms with Crippen molar-refractivity contribution in [3.05, 3.63) is 64.0 Å². The fourth-order valence-electron chi connectivity index (χ4n) is 1.51. The molecule has 0 radical (unpaired) electrons. The summed E-state index contributed by atoms with van der Waals surface area (Å²) < 4.78 is 26.7. The van der Waals surface area contributed by atoms with Crippen LogP contribution >= 0.6 is 11.6 Å². The van der Waals surface area contributed by atoms with Gasteiger partial charge in [0.05, 0.1) is 10.6 Å². The summed E-state index contributed by atoms with van der Waals surface area (Å²) in [6, 6.07) is 12.0. The smallest absolute Gasteiger partial charge is 0.261 e. The van der Waals surface area contributed by atoms with Crippen molar-refractivity contribution >= 4 is 33.0 Å². The van der Waals surface area contributed by atoms with Gasteiger partial charge in [0.25, 0.3) is 10.0 Å². The summed E-state index contributed by atoms with van der Waals surface area (Å²) in [6.07, 6.45) is 0. The van der Waals surface area contributed by atoms with Crippen LogP contribution in [0, 0.1) is 0 Å². The average Bonchev–Trinajstić information content (AvgIpc) is 2.39. The van der Waals surface area contributed by atoms with Crippen molar-refractivity contribution in [2.75, 3.05) is 4.72 Å². The third-order valence-electron chi connectivity index (χ3n) is 2.38. The molecule has 8 heteroatoms. The van der Waals surface area contributed by atoms with Crippen LogP contribution in [-0.2, 0) is 10.0 Å². The highest BCUT2D eigenvalue weighted by Crippen LogP contribution is 2.21. The van der Waals surface area contributed by atoms with Crippen molar-refractivity contribution < 1.29 is 8.42 Å². The van der Waals surface area contributed by atoms with Crippen LogP contribution in [0.3, 0.4) is 0 Å². The number of anilines is 1. The van der Waals surface area contributed by atoms with Crippen LogP contribution in [0.1, 0.15) is 0 Å². The Morgan fingerprint density at radius 3 is 2.45 bits per heavy atom. The molecule has 1 N–H and O–H groups in total. The maximum absolute atomic E-state index is 12.1. The van der Waals surface area contributed by atoms with Crippen LogP contribution in [0.4, 0.5) is 11.4 Å². The summed E-state index contributed by atoms with van der Waals surface area (Å²) in [4.78, 5) is 2.68. The Bertz CT molecular complexity index is 768. The number of sulfonamides is 1. The monoisotopic (exact) mass is 308 g/mol. The van der Waals surface area contributed by atoms with Gasteiger partial charge in [-0.3, -0.25) is 4.72 Å². The van der Waals surface area contributed by atoms with E-state index in [2.05, 4.69) is 14.7 Å². The van der Waals surface area contributed by atoms with Crippen molar-refractivity contribution in [2.45, 2.75) is 4.90 Å². The molecular weight excluding hydrogens is 300 g/mol. The summed E-state index contributed by atoms with van der Waals surface area (Å²) in [5.74, 6) is 0. The highest BCUT2D eigenvalue weighted by molar-refractivity contribution is 7.92. The molecule has 0 aliphatic heterocycles. The molecule has 2 rings (SSSR count). The van der Waals surface area contributed by atoms with Gasteiger partial charge in [-0.05, 0) is 35.9 Å². The standard InChI is InChI=1S/C12H9ClN4O2S/c13-9-2-1-3-11(8-9)16-20(18,19)12-6-4-10(5-7-12)15-17-14/h1-8,16H. The first-order chi connectivity index (χ1) is 9.51. The van der Waals surface area contributed by atoms with Crippen molar-refractivity contribution in [3.8, 4) is 0 Å². The molecule has 0 unspecified atom stereocenters. The van der Waals surface area contributed by atoms with Crippen molar-refractivity contribution in [1.29, 1.82) is 0 Å².